The van der Waals surface area contributed by atoms with Crippen molar-refractivity contribution in [2.45, 2.75) is 18.2 Å². The van der Waals surface area contributed by atoms with E-state index in [9.17, 15) is 13.4 Å². The van der Waals surface area contributed by atoms with Crippen LogP contribution in [-0.4, -0.2) is 48.5 Å². The molecule has 0 heterocycles. The number of nitrogens with zero attached hydrogens (tertiary/aromatic N) is 1. The molecule has 1 N–H and O–H groups in total. The molecule has 1 atom stereocenters. The van der Waals surface area contributed by atoms with Crippen molar-refractivity contribution < 1.29 is 13.4 Å². The molecular weight excluding hydrogens is 399 g/mol. The molecule has 1 amide bonds. The molecule has 6 heteroatoms. The van der Waals surface area contributed by atoms with Crippen LogP contribution in [0.1, 0.15) is 30.0 Å². The van der Waals surface area contributed by atoms with Gasteiger partial charge in [0.1, 0.15) is 5.82 Å². The Bertz CT molecular complexity index is 1040. The molecule has 1 aliphatic rings. The van der Waals surface area contributed by atoms with Crippen LogP contribution in [0.5, 0.6) is 0 Å². The molecule has 4 nitrogen and oxygen atoms in total. The lowest BCUT2D eigenvalue weighted by molar-refractivity contribution is -0.120. The monoisotopic (exact) mass is 426 g/mol. The van der Waals surface area contributed by atoms with Crippen molar-refractivity contribution in [1.29, 1.82) is 0 Å². The Labute approximate surface area is 179 Å². The Kier molecular flexibility index (Phi) is 7.00. The maximum absolute atomic E-state index is 14.0. The van der Waals surface area contributed by atoms with Crippen LogP contribution in [-0.2, 0) is 15.6 Å². The minimum absolute atomic E-state index is 0.0718. The molecule has 2 aromatic carbocycles. The fraction of sp³-hybridized carbons (Fsp3) is 0.292. The van der Waals surface area contributed by atoms with Gasteiger partial charge in [0, 0.05) is 35.0 Å². The van der Waals surface area contributed by atoms with Gasteiger partial charge in [-0.1, -0.05) is 18.2 Å². The molecule has 0 radical (unpaired) electrons. The molecule has 2 aromatic rings. The maximum atomic E-state index is 14.0. The summed E-state index contributed by atoms with van der Waals surface area (Å²) in [5.41, 5.74) is 5.46. The zero-order valence-corrected chi connectivity index (χ0v) is 18.6. The Morgan fingerprint density at radius 3 is 2.47 bits per heavy atom. The third kappa shape index (κ3) is 5.12. The third-order valence-electron chi connectivity index (χ3n) is 5.20. The second kappa shape index (κ2) is 9.49. The highest BCUT2D eigenvalue weighted by atomic mass is 32.2. The van der Waals surface area contributed by atoms with Crippen molar-refractivity contribution >= 4 is 33.9 Å². The van der Waals surface area contributed by atoms with Gasteiger partial charge in [0.05, 0.1) is 6.42 Å². The van der Waals surface area contributed by atoms with Crippen molar-refractivity contribution in [2.24, 2.45) is 0 Å². The van der Waals surface area contributed by atoms with Crippen LogP contribution in [0.15, 0.2) is 52.9 Å². The van der Waals surface area contributed by atoms with E-state index in [2.05, 4.69) is 5.32 Å². The van der Waals surface area contributed by atoms with Crippen LogP contribution in [0.2, 0.25) is 0 Å². The second-order valence-corrected chi connectivity index (χ2v) is 9.08. The summed E-state index contributed by atoms with van der Waals surface area (Å²) in [6.07, 6.45) is 3.89. The molecule has 158 valence electrons. The first-order valence-corrected chi connectivity index (χ1v) is 11.4. The first-order valence-electron chi connectivity index (χ1n) is 9.83. The van der Waals surface area contributed by atoms with Crippen LogP contribution >= 0.6 is 0 Å². The van der Waals surface area contributed by atoms with E-state index in [1.807, 2.05) is 56.3 Å². The zero-order valence-electron chi connectivity index (χ0n) is 17.8. The first kappa shape index (κ1) is 22.1. The molecule has 0 saturated heterocycles. The predicted octanol–water partition coefficient (Wildman–Crippen LogP) is 3.96. The van der Waals surface area contributed by atoms with Gasteiger partial charge in [-0.25, -0.2) is 4.39 Å². The Morgan fingerprint density at radius 1 is 1.13 bits per heavy atom. The van der Waals surface area contributed by atoms with E-state index in [1.54, 1.807) is 12.3 Å². The Hall–Kier alpha value is -2.57. The Balaban J connectivity index is 1.92. The third-order valence-corrected chi connectivity index (χ3v) is 6.13. The van der Waals surface area contributed by atoms with E-state index in [4.69, 9.17) is 0 Å². The normalized spacial score (nSPS) is 15.6. The van der Waals surface area contributed by atoms with Gasteiger partial charge >= 0.3 is 0 Å². The van der Waals surface area contributed by atoms with Crippen molar-refractivity contribution in [3.8, 4) is 0 Å². The van der Waals surface area contributed by atoms with Gasteiger partial charge in [0.25, 0.3) is 0 Å². The molecule has 1 unspecified atom stereocenters. The molecule has 30 heavy (non-hydrogen) atoms. The molecule has 0 fully saturated rings. The highest BCUT2D eigenvalue weighted by Gasteiger charge is 2.25. The number of allylic oxidation sites excluding steroid dienone is 2. The summed E-state index contributed by atoms with van der Waals surface area (Å²) in [7, 11) is 2.89. The highest BCUT2D eigenvalue weighted by Crippen LogP contribution is 2.43. The molecule has 0 bridgehead atoms. The van der Waals surface area contributed by atoms with Gasteiger partial charge in [-0.05, 0) is 84.8 Å². The van der Waals surface area contributed by atoms with Gasteiger partial charge in [-0.3, -0.25) is 9.00 Å². The summed E-state index contributed by atoms with van der Waals surface area (Å²) >= 11 is 0. The smallest absolute Gasteiger partial charge is 0.224 e. The van der Waals surface area contributed by atoms with Crippen molar-refractivity contribution in [3.05, 3.63) is 70.5 Å². The van der Waals surface area contributed by atoms with Gasteiger partial charge < -0.3 is 10.2 Å². The van der Waals surface area contributed by atoms with E-state index in [0.717, 1.165) is 44.8 Å². The molecule has 1 aliphatic carbocycles. The topological polar surface area (TPSA) is 49.4 Å². The zero-order chi connectivity index (χ0) is 21.8. The van der Waals surface area contributed by atoms with Crippen LogP contribution in [0, 0.1) is 5.82 Å². The number of rotatable bonds is 7. The molecule has 0 aliphatic heterocycles. The van der Waals surface area contributed by atoms with Crippen molar-refractivity contribution in [1.82, 2.24) is 10.2 Å². The van der Waals surface area contributed by atoms with Gasteiger partial charge in [0.15, 0.2) is 0 Å². The Morgan fingerprint density at radius 2 is 1.83 bits per heavy atom. The first-order chi connectivity index (χ1) is 14.3. The van der Waals surface area contributed by atoms with E-state index < -0.39 is 10.8 Å². The number of nitrogens with one attached hydrogen (secondary N) is 1. The summed E-state index contributed by atoms with van der Waals surface area (Å²) in [5.74, 6) is -0.388. The number of hydrogen-bond donors (Lipinski definition) is 1. The summed E-state index contributed by atoms with van der Waals surface area (Å²) in [5, 5.41) is 2.93. The number of halogens is 1. The average Bonchev–Trinajstić information content (AvgIpc) is 2.93. The average molecular weight is 427 g/mol. The summed E-state index contributed by atoms with van der Waals surface area (Å²) in [6, 6.07) is 12.3. The van der Waals surface area contributed by atoms with E-state index >= 15 is 0 Å². The quantitative estimate of drug-likeness (QED) is 0.729. The fourth-order valence-electron chi connectivity index (χ4n) is 3.55. The lowest BCUT2D eigenvalue weighted by Crippen LogP contribution is -2.31. The fourth-order valence-corrected chi connectivity index (χ4v) is 4.07. The van der Waals surface area contributed by atoms with Gasteiger partial charge in [0.2, 0.25) is 5.91 Å². The molecule has 3 rings (SSSR count). The number of carbonyl (C=O) groups excluding carboxylic acids is 1. The lowest BCUT2D eigenvalue weighted by atomic mass is 10.0. The minimum atomic E-state index is -1.02. The van der Waals surface area contributed by atoms with E-state index in [-0.39, 0.29) is 18.1 Å². The number of likely N-dealkylation sites (N-methyl/N-ethyl adjacent to an activating group) is 1. The van der Waals surface area contributed by atoms with Crippen LogP contribution in [0.25, 0.3) is 17.2 Å². The van der Waals surface area contributed by atoms with Gasteiger partial charge in [-0.15, -0.1) is 0 Å². The summed E-state index contributed by atoms with van der Waals surface area (Å²) in [4.78, 5) is 15.3. The predicted molar refractivity (Wildman–Crippen MR) is 122 cm³/mol. The maximum Gasteiger partial charge on any atom is 0.224 e. The second-order valence-electron chi connectivity index (χ2n) is 7.70. The van der Waals surface area contributed by atoms with E-state index in [1.165, 1.54) is 12.1 Å². The number of carbonyl (C=O) groups is 1. The van der Waals surface area contributed by atoms with Crippen LogP contribution in [0.4, 0.5) is 4.39 Å². The lowest BCUT2D eigenvalue weighted by Gasteiger charge is -2.11. The minimum Gasteiger partial charge on any atom is -0.355 e. The summed E-state index contributed by atoms with van der Waals surface area (Å²) in [6.45, 7) is 3.31. The van der Waals surface area contributed by atoms with E-state index in [0.29, 0.717) is 6.54 Å². The number of fused-ring (bicyclic) bond motifs is 1. The standard InChI is InChI=1S/C24H27FN2O2S/c1-16-21(13-17-5-8-19(9-6-17)30(4)29)20-10-7-18(25)14-23(20)22(16)15-24(28)26-11-12-27(2)3/h5-10,13-14H,11-12,15H2,1-4H3,(H,26,28)/b21-13-. The molecule has 0 spiro atoms. The number of benzene rings is 2. The molecular formula is C24H27FN2O2S. The van der Waals surface area contributed by atoms with Crippen molar-refractivity contribution in [2.75, 3.05) is 33.4 Å². The van der Waals surface area contributed by atoms with Crippen LogP contribution in [0.3, 0.4) is 0 Å². The van der Waals surface area contributed by atoms with Crippen LogP contribution < -0.4 is 5.32 Å². The molecule has 0 saturated carbocycles. The highest BCUT2D eigenvalue weighted by molar-refractivity contribution is 7.84. The summed E-state index contributed by atoms with van der Waals surface area (Å²) < 4.78 is 25.6. The number of hydrogen-bond acceptors (Lipinski definition) is 3. The van der Waals surface area contributed by atoms with Gasteiger partial charge in [-0.2, -0.15) is 0 Å². The number of amides is 1. The molecule has 0 aromatic heterocycles. The SMILES string of the molecule is CC1=C(CC(=O)NCCN(C)C)c2cc(F)ccc2/C1=C\c1ccc(S(C)=O)cc1. The van der Waals surface area contributed by atoms with Crippen molar-refractivity contribution in [3.63, 3.8) is 0 Å². The largest absolute Gasteiger partial charge is 0.355 e.